The molecule has 6 heteroatoms. The molecule has 0 aromatic carbocycles. The smallest absolute Gasteiger partial charge is 0.242 e. The van der Waals surface area contributed by atoms with Gasteiger partial charge in [0.25, 0.3) is 0 Å². The molecule has 100 valence electrons. The van der Waals surface area contributed by atoms with Crippen LogP contribution in [0.2, 0.25) is 0 Å². The molecule has 17 heavy (non-hydrogen) atoms. The molecule has 1 atom stereocenters. The molecule has 0 bridgehead atoms. The van der Waals surface area contributed by atoms with Gasteiger partial charge in [-0.05, 0) is 19.8 Å². The fourth-order valence-electron chi connectivity index (χ4n) is 1.71. The van der Waals surface area contributed by atoms with Gasteiger partial charge in [0.05, 0.1) is 6.54 Å². The molecule has 1 aliphatic rings. The van der Waals surface area contributed by atoms with E-state index < -0.39 is 0 Å². The lowest BCUT2D eigenvalue weighted by atomic mass is 10.1. The molecule has 1 unspecified atom stereocenters. The number of nitrogens with two attached hydrogens (primary N) is 1. The number of likely N-dealkylation sites (N-methyl/N-ethyl adjacent to an activating group) is 1. The number of carbonyl (C=O) groups excluding carboxylic acids is 2. The van der Waals surface area contributed by atoms with E-state index in [0.29, 0.717) is 19.5 Å². The third-order valence-corrected chi connectivity index (χ3v) is 3.14. The van der Waals surface area contributed by atoms with Crippen LogP contribution < -0.4 is 5.73 Å². The maximum atomic E-state index is 11.8. The molecule has 2 N–H and O–H groups in total. The van der Waals surface area contributed by atoms with Gasteiger partial charge in [-0.1, -0.05) is 0 Å². The van der Waals surface area contributed by atoms with Crippen LogP contribution >= 0.6 is 12.4 Å². The molecular formula is C11H22ClN3O2. The second-order valence-corrected chi connectivity index (χ2v) is 4.36. The summed E-state index contributed by atoms with van der Waals surface area (Å²) in [6.45, 7) is 3.24. The van der Waals surface area contributed by atoms with Gasteiger partial charge in [0.2, 0.25) is 11.8 Å². The van der Waals surface area contributed by atoms with Gasteiger partial charge in [-0.2, -0.15) is 0 Å². The van der Waals surface area contributed by atoms with Gasteiger partial charge >= 0.3 is 0 Å². The van der Waals surface area contributed by atoms with Gasteiger partial charge in [0, 0.05) is 32.6 Å². The Morgan fingerprint density at radius 3 is 2.71 bits per heavy atom. The lowest BCUT2D eigenvalue weighted by Gasteiger charge is -2.30. The highest BCUT2D eigenvalue weighted by Crippen LogP contribution is 2.10. The van der Waals surface area contributed by atoms with E-state index >= 15 is 0 Å². The van der Waals surface area contributed by atoms with Gasteiger partial charge in [-0.15, -0.1) is 12.4 Å². The van der Waals surface area contributed by atoms with Crippen molar-refractivity contribution in [1.82, 2.24) is 9.80 Å². The molecule has 1 aliphatic heterocycles. The van der Waals surface area contributed by atoms with E-state index in [1.807, 2.05) is 6.92 Å². The van der Waals surface area contributed by atoms with Crippen LogP contribution in [0.25, 0.3) is 0 Å². The normalized spacial score (nSPS) is 17.4. The highest BCUT2D eigenvalue weighted by molar-refractivity contribution is 5.85. The molecule has 5 nitrogen and oxygen atoms in total. The van der Waals surface area contributed by atoms with E-state index in [4.69, 9.17) is 5.73 Å². The minimum Gasteiger partial charge on any atom is -0.340 e. The summed E-state index contributed by atoms with van der Waals surface area (Å²) in [7, 11) is 1.73. The Kier molecular flexibility index (Phi) is 7.15. The third kappa shape index (κ3) is 4.52. The van der Waals surface area contributed by atoms with E-state index in [1.54, 1.807) is 16.8 Å². The van der Waals surface area contributed by atoms with Gasteiger partial charge in [0.1, 0.15) is 0 Å². The highest BCUT2D eigenvalue weighted by Gasteiger charge is 2.23. The van der Waals surface area contributed by atoms with Crippen LogP contribution in [0.1, 0.15) is 26.2 Å². The van der Waals surface area contributed by atoms with Crippen LogP contribution in [0.15, 0.2) is 0 Å². The number of amides is 2. The number of halogens is 1. The van der Waals surface area contributed by atoms with Crippen LogP contribution in [-0.2, 0) is 9.59 Å². The van der Waals surface area contributed by atoms with E-state index in [0.717, 1.165) is 12.8 Å². The lowest BCUT2D eigenvalue weighted by molar-refractivity contribution is -0.142. The van der Waals surface area contributed by atoms with E-state index in [1.165, 1.54) is 0 Å². The van der Waals surface area contributed by atoms with Crippen molar-refractivity contribution in [2.45, 2.75) is 32.2 Å². The maximum Gasteiger partial charge on any atom is 0.242 e. The van der Waals surface area contributed by atoms with Crippen molar-refractivity contribution in [3.8, 4) is 0 Å². The van der Waals surface area contributed by atoms with Crippen molar-refractivity contribution in [2.24, 2.45) is 5.73 Å². The van der Waals surface area contributed by atoms with Crippen LogP contribution in [0.5, 0.6) is 0 Å². The molecule has 0 aromatic rings. The fraction of sp³-hybridized carbons (Fsp3) is 0.818. The Labute approximate surface area is 109 Å². The monoisotopic (exact) mass is 263 g/mol. The first kappa shape index (κ1) is 16.2. The predicted octanol–water partition coefficient (Wildman–Crippen LogP) is 0.226. The Bertz CT molecular complexity index is 273. The van der Waals surface area contributed by atoms with Gasteiger partial charge in [0.15, 0.2) is 0 Å². The summed E-state index contributed by atoms with van der Waals surface area (Å²) in [5, 5.41) is 0. The Morgan fingerprint density at radius 2 is 2.18 bits per heavy atom. The predicted molar refractivity (Wildman–Crippen MR) is 69.0 cm³/mol. The van der Waals surface area contributed by atoms with Gasteiger partial charge < -0.3 is 15.5 Å². The first-order valence-corrected chi connectivity index (χ1v) is 5.79. The fourth-order valence-corrected chi connectivity index (χ4v) is 1.71. The van der Waals surface area contributed by atoms with Crippen molar-refractivity contribution in [1.29, 1.82) is 0 Å². The standard InChI is InChI=1S/C11H21N3O2.ClH/c1-9(7-12)13(2)11(16)8-14-6-4-3-5-10(14)15;/h9H,3-8,12H2,1-2H3;1H. The highest BCUT2D eigenvalue weighted by atomic mass is 35.5. The minimum atomic E-state index is -0.0341. The molecule has 1 saturated heterocycles. The largest absolute Gasteiger partial charge is 0.340 e. The molecule has 0 radical (unpaired) electrons. The molecule has 0 aliphatic carbocycles. The van der Waals surface area contributed by atoms with E-state index in [9.17, 15) is 9.59 Å². The number of carbonyl (C=O) groups is 2. The topological polar surface area (TPSA) is 66.6 Å². The second-order valence-electron chi connectivity index (χ2n) is 4.36. The van der Waals surface area contributed by atoms with Crippen LogP contribution in [0, 0.1) is 0 Å². The van der Waals surface area contributed by atoms with Gasteiger partial charge in [-0.3, -0.25) is 9.59 Å². The number of nitrogens with zero attached hydrogens (tertiary/aromatic N) is 2. The zero-order chi connectivity index (χ0) is 12.1. The average Bonchev–Trinajstić information content (AvgIpc) is 2.30. The Hall–Kier alpha value is -0.810. The molecule has 1 rings (SSSR count). The number of piperidine rings is 1. The first-order chi connectivity index (χ1) is 7.56. The summed E-state index contributed by atoms with van der Waals surface area (Å²) in [6, 6.07) is 0.0207. The second kappa shape index (κ2) is 7.50. The van der Waals surface area contributed by atoms with Gasteiger partial charge in [-0.25, -0.2) is 0 Å². The number of rotatable bonds is 4. The summed E-state index contributed by atoms with van der Waals surface area (Å²) >= 11 is 0. The van der Waals surface area contributed by atoms with Crippen molar-refractivity contribution in [3.05, 3.63) is 0 Å². The summed E-state index contributed by atoms with van der Waals surface area (Å²) in [6.07, 6.45) is 2.51. The zero-order valence-corrected chi connectivity index (χ0v) is 11.3. The first-order valence-electron chi connectivity index (χ1n) is 5.79. The molecular weight excluding hydrogens is 242 g/mol. The minimum absolute atomic E-state index is 0. The Morgan fingerprint density at radius 1 is 1.53 bits per heavy atom. The summed E-state index contributed by atoms with van der Waals surface area (Å²) < 4.78 is 0. The molecule has 1 heterocycles. The number of likely N-dealkylation sites (tertiary alicyclic amines) is 1. The van der Waals surface area contributed by atoms with Crippen molar-refractivity contribution >= 4 is 24.2 Å². The van der Waals surface area contributed by atoms with E-state index in [-0.39, 0.29) is 36.8 Å². The van der Waals surface area contributed by atoms with Crippen LogP contribution in [0.4, 0.5) is 0 Å². The molecule has 0 spiro atoms. The maximum absolute atomic E-state index is 11.8. The lowest BCUT2D eigenvalue weighted by Crippen LogP contribution is -2.47. The SMILES string of the molecule is CC(CN)N(C)C(=O)CN1CCCCC1=O.Cl. The number of hydrogen-bond donors (Lipinski definition) is 1. The summed E-state index contributed by atoms with van der Waals surface area (Å²) in [4.78, 5) is 26.6. The number of hydrogen-bond acceptors (Lipinski definition) is 3. The van der Waals surface area contributed by atoms with Crippen molar-refractivity contribution < 1.29 is 9.59 Å². The van der Waals surface area contributed by atoms with E-state index in [2.05, 4.69) is 0 Å². The quantitative estimate of drug-likeness (QED) is 0.789. The molecule has 1 fully saturated rings. The molecule has 0 saturated carbocycles. The zero-order valence-electron chi connectivity index (χ0n) is 10.5. The summed E-state index contributed by atoms with van der Waals surface area (Å²) in [5.41, 5.74) is 5.50. The molecule has 0 aromatic heterocycles. The van der Waals surface area contributed by atoms with Crippen LogP contribution in [-0.4, -0.2) is 54.3 Å². The average molecular weight is 264 g/mol. The summed E-state index contributed by atoms with van der Waals surface area (Å²) in [5.74, 6) is 0.0570. The van der Waals surface area contributed by atoms with Crippen molar-refractivity contribution in [2.75, 3.05) is 26.7 Å². The van der Waals surface area contributed by atoms with Crippen LogP contribution in [0.3, 0.4) is 0 Å². The third-order valence-electron chi connectivity index (χ3n) is 3.14. The van der Waals surface area contributed by atoms with Crippen molar-refractivity contribution in [3.63, 3.8) is 0 Å². The Balaban J connectivity index is 0.00000256. The molecule has 2 amide bonds.